The van der Waals surface area contributed by atoms with Crippen LogP contribution in [0.4, 0.5) is 18.9 Å². The van der Waals surface area contributed by atoms with Gasteiger partial charge in [-0.3, -0.25) is 4.72 Å². The average Bonchev–Trinajstić information content (AvgIpc) is 2.43. The first-order valence-corrected chi connectivity index (χ1v) is 8.27. The maximum absolute atomic E-state index is 12.7. The Bertz CT molecular complexity index is 843. The van der Waals surface area contributed by atoms with Gasteiger partial charge in [0.15, 0.2) is 0 Å². The average molecular weight is 343 g/mol. The minimum atomic E-state index is -4.53. The minimum absolute atomic E-state index is 0.0537. The van der Waals surface area contributed by atoms with Crippen LogP contribution in [0.3, 0.4) is 0 Å². The summed E-state index contributed by atoms with van der Waals surface area (Å²) in [6.07, 6.45) is -4.53. The summed E-state index contributed by atoms with van der Waals surface area (Å²) in [5, 5.41) is 0. The van der Waals surface area contributed by atoms with Crippen molar-refractivity contribution >= 4 is 15.7 Å². The van der Waals surface area contributed by atoms with Crippen molar-refractivity contribution in [1.29, 1.82) is 0 Å². The van der Waals surface area contributed by atoms with Gasteiger partial charge in [0.05, 0.1) is 10.5 Å². The molecule has 0 aromatic heterocycles. The Morgan fingerprint density at radius 3 is 2.22 bits per heavy atom. The summed E-state index contributed by atoms with van der Waals surface area (Å²) in [7, 11) is -3.96. The molecule has 0 unspecified atom stereocenters. The molecule has 0 amide bonds. The van der Waals surface area contributed by atoms with Crippen LogP contribution in [0.15, 0.2) is 41.3 Å². The van der Waals surface area contributed by atoms with Crippen molar-refractivity contribution in [2.45, 2.75) is 31.8 Å². The first-order chi connectivity index (χ1) is 10.5. The van der Waals surface area contributed by atoms with E-state index in [1.807, 2.05) is 6.92 Å². The van der Waals surface area contributed by atoms with Gasteiger partial charge in [0.1, 0.15) is 0 Å². The molecule has 2 rings (SSSR count). The normalized spacial score (nSPS) is 12.3. The maximum Gasteiger partial charge on any atom is 0.416 e. The fourth-order valence-corrected chi connectivity index (χ4v) is 3.54. The van der Waals surface area contributed by atoms with E-state index in [2.05, 4.69) is 4.72 Å². The van der Waals surface area contributed by atoms with Crippen molar-refractivity contribution in [2.75, 3.05) is 4.72 Å². The van der Waals surface area contributed by atoms with Crippen molar-refractivity contribution in [3.63, 3.8) is 0 Å². The van der Waals surface area contributed by atoms with E-state index in [0.717, 1.165) is 29.3 Å². The van der Waals surface area contributed by atoms with E-state index in [4.69, 9.17) is 0 Å². The highest BCUT2D eigenvalue weighted by Gasteiger charge is 2.30. The number of aryl methyl sites for hydroxylation is 1. The molecule has 0 saturated carbocycles. The first kappa shape index (κ1) is 17.3. The van der Waals surface area contributed by atoms with Crippen LogP contribution >= 0.6 is 0 Å². The van der Waals surface area contributed by atoms with Gasteiger partial charge in [0, 0.05) is 5.69 Å². The molecule has 0 heterocycles. The lowest BCUT2D eigenvalue weighted by Crippen LogP contribution is -2.15. The molecule has 1 N–H and O–H groups in total. The number of nitrogens with one attached hydrogen (secondary N) is 1. The van der Waals surface area contributed by atoms with Gasteiger partial charge in [0.25, 0.3) is 10.0 Å². The van der Waals surface area contributed by atoms with Crippen molar-refractivity contribution < 1.29 is 21.6 Å². The molecule has 0 radical (unpaired) electrons. The van der Waals surface area contributed by atoms with Crippen LogP contribution in [0.2, 0.25) is 0 Å². The van der Waals surface area contributed by atoms with Gasteiger partial charge in [-0.1, -0.05) is 12.1 Å². The Morgan fingerprint density at radius 1 is 0.957 bits per heavy atom. The molecule has 0 saturated heterocycles. The maximum atomic E-state index is 12.7. The third-order valence-corrected chi connectivity index (χ3v) is 5.27. The van der Waals surface area contributed by atoms with Crippen LogP contribution in [0.5, 0.6) is 0 Å². The summed E-state index contributed by atoms with van der Waals surface area (Å²) < 4.78 is 65.2. The van der Waals surface area contributed by atoms with Crippen LogP contribution in [0, 0.1) is 20.8 Å². The lowest BCUT2D eigenvalue weighted by molar-refractivity contribution is -0.137. The first-order valence-electron chi connectivity index (χ1n) is 6.79. The van der Waals surface area contributed by atoms with Gasteiger partial charge < -0.3 is 0 Å². The smallest absolute Gasteiger partial charge is 0.280 e. The number of halogens is 3. The van der Waals surface area contributed by atoms with Crippen molar-refractivity contribution in [3.05, 3.63) is 58.7 Å². The second-order valence-electron chi connectivity index (χ2n) is 5.31. The SMILES string of the molecule is Cc1ccc(S(=O)(=O)Nc2cccc(C(F)(F)F)c2)c(C)c1C. The predicted molar refractivity (Wildman–Crippen MR) is 82.9 cm³/mol. The Morgan fingerprint density at radius 2 is 1.61 bits per heavy atom. The zero-order valence-electron chi connectivity index (χ0n) is 12.8. The Hall–Kier alpha value is -2.02. The summed E-state index contributed by atoms with van der Waals surface area (Å²) in [6.45, 7) is 5.33. The quantitative estimate of drug-likeness (QED) is 0.896. The molecule has 0 fully saturated rings. The van der Waals surface area contributed by atoms with Crippen LogP contribution < -0.4 is 4.72 Å². The van der Waals surface area contributed by atoms with Crippen LogP contribution in [0.1, 0.15) is 22.3 Å². The fraction of sp³-hybridized carbons (Fsp3) is 0.250. The summed E-state index contributed by atoms with van der Waals surface area (Å²) in [6, 6.07) is 7.22. The number of rotatable bonds is 3. The lowest BCUT2D eigenvalue weighted by atomic mass is 10.1. The van der Waals surface area contributed by atoms with Crippen molar-refractivity contribution in [1.82, 2.24) is 0 Å². The monoisotopic (exact) mass is 343 g/mol. The zero-order valence-corrected chi connectivity index (χ0v) is 13.6. The van der Waals surface area contributed by atoms with Crippen LogP contribution in [-0.2, 0) is 16.2 Å². The van der Waals surface area contributed by atoms with Gasteiger partial charge in [-0.05, 0) is 61.7 Å². The van der Waals surface area contributed by atoms with E-state index < -0.39 is 21.8 Å². The van der Waals surface area contributed by atoms with E-state index >= 15 is 0 Å². The third kappa shape index (κ3) is 3.67. The van der Waals surface area contributed by atoms with E-state index in [9.17, 15) is 21.6 Å². The largest absolute Gasteiger partial charge is 0.416 e. The van der Waals surface area contributed by atoms with Gasteiger partial charge in [0.2, 0.25) is 0 Å². The number of hydrogen-bond donors (Lipinski definition) is 1. The zero-order chi connectivity index (χ0) is 17.4. The highest BCUT2D eigenvalue weighted by atomic mass is 32.2. The van der Waals surface area contributed by atoms with Gasteiger partial charge in [-0.15, -0.1) is 0 Å². The van der Waals surface area contributed by atoms with E-state index in [1.165, 1.54) is 12.1 Å². The second kappa shape index (κ2) is 5.88. The molecule has 0 aliphatic carbocycles. The molecule has 0 aliphatic heterocycles. The molecular weight excluding hydrogens is 327 g/mol. The molecular formula is C16H16F3NO2S. The molecule has 3 nitrogen and oxygen atoms in total. The van der Waals surface area contributed by atoms with Gasteiger partial charge in [-0.25, -0.2) is 8.42 Å². The van der Waals surface area contributed by atoms with Crippen molar-refractivity contribution in [2.24, 2.45) is 0 Å². The Kier molecular flexibility index (Phi) is 4.43. The highest BCUT2D eigenvalue weighted by Crippen LogP contribution is 2.31. The predicted octanol–water partition coefficient (Wildman–Crippen LogP) is 4.43. The minimum Gasteiger partial charge on any atom is -0.280 e. The molecule has 7 heteroatoms. The molecule has 0 atom stereocenters. The number of anilines is 1. The Balaban J connectivity index is 2.42. The molecule has 2 aromatic carbocycles. The summed E-state index contributed by atoms with van der Waals surface area (Å²) >= 11 is 0. The van der Waals surface area contributed by atoms with Crippen LogP contribution in [-0.4, -0.2) is 8.42 Å². The molecule has 0 bridgehead atoms. The third-order valence-electron chi connectivity index (χ3n) is 3.74. The van der Waals surface area contributed by atoms with Crippen molar-refractivity contribution in [3.8, 4) is 0 Å². The molecule has 0 aliphatic rings. The number of hydrogen-bond acceptors (Lipinski definition) is 2. The standard InChI is InChI=1S/C16H16F3NO2S/c1-10-7-8-15(12(3)11(10)2)23(21,22)20-14-6-4-5-13(9-14)16(17,18)19/h4-9,20H,1-3H3. The molecule has 2 aromatic rings. The molecule has 0 spiro atoms. The van der Waals surface area contributed by atoms with E-state index in [1.54, 1.807) is 19.9 Å². The highest BCUT2D eigenvalue weighted by molar-refractivity contribution is 7.92. The lowest BCUT2D eigenvalue weighted by Gasteiger charge is -2.14. The number of sulfonamides is 1. The van der Waals surface area contributed by atoms with E-state index in [-0.39, 0.29) is 10.6 Å². The van der Waals surface area contributed by atoms with Gasteiger partial charge >= 0.3 is 6.18 Å². The molecule has 23 heavy (non-hydrogen) atoms. The summed E-state index contributed by atoms with van der Waals surface area (Å²) in [4.78, 5) is 0.0537. The van der Waals surface area contributed by atoms with Crippen LogP contribution in [0.25, 0.3) is 0 Å². The fourth-order valence-electron chi connectivity index (χ4n) is 2.19. The second-order valence-corrected chi connectivity index (χ2v) is 6.97. The summed E-state index contributed by atoms with van der Waals surface area (Å²) in [5.41, 5.74) is 1.31. The van der Waals surface area contributed by atoms with Gasteiger partial charge in [-0.2, -0.15) is 13.2 Å². The summed E-state index contributed by atoms with van der Waals surface area (Å²) in [5.74, 6) is 0. The molecule has 124 valence electrons. The number of benzene rings is 2. The Labute approximate surface area is 133 Å². The topological polar surface area (TPSA) is 46.2 Å². The number of alkyl halides is 3. The van der Waals surface area contributed by atoms with E-state index in [0.29, 0.717) is 5.56 Å².